The van der Waals surface area contributed by atoms with E-state index in [-0.39, 0.29) is 12.5 Å². The van der Waals surface area contributed by atoms with Crippen LogP contribution in [0.15, 0.2) is 65.7 Å². The molecule has 0 saturated carbocycles. The number of nitrogens with one attached hydrogen (secondary N) is 3. The highest BCUT2D eigenvalue weighted by Gasteiger charge is 2.08. The molecule has 0 heterocycles. The Kier molecular flexibility index (Phi) is 11.8. The second-order valence-corrected chi connectivity index (χ2v) is 7.23. The van der Waals surface area contributed by atoms with Gasteiger partial charge in [-0.15, -0.1) is 0 Å². The molecule has 0 aliphatic heterocycles. The van der Waals surface area contributed by atoms with Crippen molar-refractivity contribution in [3.63, 3.8) is 0 Å². The third-order valence-corrected chi connectivity index (χ3v) is 4.71. The fourth-order valence-corrected chi connectivity index (χ4v) is 3.15. The Morgan fingerprint density at radius 3 is 2.06 bits per heavy atom. The lowest BCUT2D eigenvalue weighted by Gasteiger charge is -2.23. The molecular weight excluding hydrogens is 390 g/mol. The lowest BCUT2D eigenvalue weighted by atomic mass is 10.1. The van der Waals surface area contributed by atoms with Crippen molar-refractivity contribution in [2.24, 2.45) is 4.99 Å². The average molecular weight is 426 g/mol. The van der Waals surface area contributed by atoms with Crippen molar-refractivity contribution >= 4 is 11.9 Å². The zero-order valence-electron chi connectivity index (χ0n) is 18.6. The van der Waals surface area contributed by atoms with Gasteiger partial charge in [0.25, 0.3) is 0 Å². The predicted molar refractivity (Wildman–Crippen MR) is 126 cm³/mol. The Morgan fingerprint density at radius 1 is 0.903 bits per heavy atom. The van der Waals surface area contributed by atoms with Gasteiger partial charge in [-0.05, 0) is 17.5 Å². The van der Waals surface area contributed by atoms with Gasteiger partial charge in [-0.2, -0.15) is 0 Å². The number of hydrogen-bond donors (Lipinski definition) is 3. The number of methoxy groups -OCH3 is 1. The maximum atomic E-state index is 11.8. The second kappa shape index (κ2) is 15.0. The summed E-state index contributed by atoms with van der Waals surface area (Å²) < 4.78 is 4.92. The number of carbonyl (C=O) groups is 1. The van der Waals surface area contributed by atoms with Crippen LogP contribution in [-0.2, 0) is 22.6 Å². The first-order valence-corrected chi connectivity index (χ1v) is 10.7. The molecule has 3 N–H and O–H groups in total. The highest BCUT2D eigenvalue weighted by Crippen LogP contribution is 2.10. The van der Waals surface area contributed by atoms with Gasteiger partial charge < -0.3 is 20.7 Å². The van der Waals surface area contributed by atoms with Crippen LogP contribution in [0.2, 0.25) is 0 Å². The minimum Gasteiger partial charge on any atom is -0.383 e. The fraction of sp³-hybridized carbons (Fsp3) is 0.417. The van der Waals surface area contributed by atoms with E-state index in [4.69, 9.17) is 4.74 Å². The summed E-state index contributed by atoms with van der Waals surface area (Å²) in [6.45, 7) is 4.71. The largest absolute Gasteiger partial charge is 0.383 e. The van der Waals surface area contributed by atoms with Crippen LogP contribution < -0.4 is 16.0 Å². The van der Waals surface area contributed by atoms with Crippen LogP contribution in [0.1, 0.15) is 17.5 Å². The smallest absolute Gasteiger partial charge is 0.239 e. The van der Waals surface area contributed by atoms with Crippen molar-refractivity contribution in [1.82, 2.24) is 20.9 Å². The zero-order valence-corrected chi connectivity index (χ0v) is 18.6. The SMILES string of the molecule is CN=C(NCCCN(Cc1ccccc1)Cc1ccccc1)NCC(=O)NCCOC. The maximum Gasteiger partial charge on any atom is 0.239 e. The van der Waals surface area contributed by atoms with Gasteiger partial charge in [0.2, 0.25) is 5.91 Å². The van der Waals surface area contributed by atoms with Crippen molar-refractivity contribution in [3.05, 3.63) is 71.8 Å². The molecule has 0 aliphatic rings. The van der Waals surface area contributed by atoms with E-state index in [1.165, 1.54) is 11.1 Å². The van der Waals surface area contributed by atoms with E-state index in [0.29, 0.717) is 19.1 Å². The number of rotatable bonds is 13. The molecule has 0 atom stereocenters. The second-order valence-electron chi connectivity index (χ2n) is 7.23. The molecule has 0 spiro atoms. The molecule has 1 amide bonds. The molecule has 0 bridgehead atoms. The summed E-state index contributed by atoms with van der Waals surface area (Å²) in [5.74, 6) is 0.538. The topological polar surface area (TPSA) is 78.0 Å². The standard InChI is InChI=1S/C24H35N5O2/c1-25-24(28-18-23(30)26-15-17-31-2)27-14-9-16-29(19-21-10-5-3-6-11-21)20-22-12-7-4-8-13-22/h3-8,10-13H,9,14-20H2,1-2H3,(H,26,30)(H2,25,27,28). The van der Waals surface area contributed by atoms with Gasteiger partial charge in [0.05, 0.1) is 13.2 Å². The predicted octanol–water partition coefficient (Wildman–Crippen LogP) is 2.01. The van der Waals surface area contributed by atoms with Gasteiger partial charge in [-0.1, -0.05) is 60.7 Å². The van der Waals surface area contributed by atoms with E-state index in [0.717, 1.165) is 32.6 Å². The van der Waals surface area contributed by atoms with E-state index in [9.17, 15) is 4.79 Å². The van der Waals surface area contributed by atoms with Gasteiger partial charge in [0, 0.05) is 46.9 Å². The number of aliphatic imine (C=N–C) groups is 1. The van der Waals surface area contributed by atoms with Crippen LogP contribution in [-0.4, -0.2) is 63.7 Å². The Balaban J connectivity index is 1.76. The maximum absolute atomic E-state index is 11.8. The number of benzene rings is 2. The molecule has 0 fully saturated rings. The Labute approximate surface area is 185 Å². The number of guanidine groups is 1. The lowest BCUT2D eigenvalue weighted by molar-refractivity contribution is -0.120. The Hall–Kier alpha value is -2.90. The quantitative estimate of drug-likeness (QED) is 0.260. The van der Waals surface area contributed by atoms with E-state index in [1.54, 1.807) is 14.2 Å². The van der Waals surface area contributed by atoms with E-state index in [1.807, 2.05) is 12.1 Å². The van der Waals surface area contributed by atoms with Gasteiger partial charge in [-0.25, -0.2) is 0 Å². The van der Waals surface area contributed by atoms with Gasteiger partial charge in [-0.3, -0.25) is 14.7 Å². The van der Waals surface area contributed by atoms with E-state index < -0.39 is 0 Å². The molecule has 2 rings (SSSR count). The van der Waals surface area contributed by atoms with Gasteiger partial charge >= 0.3 is 0 Å². The molecule has 168 valence electrons. The average Bonchev–Trinajstić information content (AvgIpc) is 2.80. The van der Waals surface area contributed by atoms with Gasteiger partial charge in [0.15, 0.2) is 5.96 Å². The van der Waals surface area contributed by atoms with Crippen LogP contribution in [0.5, 0.6) is 0 Å². The van der Waals surface area contributed by atoms with Crippen molar-refractivity contribution in [3.8, 4) is 0 Å². The van der Waals surface area contributed by atoms with Crippen molar-refractivity contribution in [2.75, 3.05) is 46.9 Å². The summed E-state index contributed by atoms with van der Waals surface area (Å²) in [4.78, 5) is 18.4. The van der Waals surface area contributed by atoms with Crippen LogP contribution in [0.3, 0.4) is 0 Å². The molecule has 31 heavy (non-hydrogen) atoms. The van der Waals surface area contributed by atoms with Crippen molar-refractivity contribution in [2.45, 2.75) is 19.5 Å². The van der Waals surface area contributed by atoms with Crippen LogP contribution in [0.4, 0.5) is 0 Å². The first-order chi connectivity index (χ1) is 15.2. The molecule has 7 nitrogen and oxygen atoms in total. The molecule has 0 unspecified atom stereocenters. The van der Waals surface area contributed by atoms with Crippen LogP contribution in [0.25, 0.3) is 0 Å². The summed E-state index contributed by atoms with van der Waals surface area (Å²) in [5, 5.41) is 9.09. The van der Waals surface area contributed by atoms with E-state index >= 15 is 0 Å². The normalized spacial score (nSPS) is 11.4. The third-order valence-electron chi connectivity index (χ3n) is 4.71. The summed E-state index contributed by atoms with van der Waals surface area (Å²) in [6.07, 6.45) is 0.959. The number of nitrogens with zero attached hydrogens (tertiary/aromatic N) is 2. The molecule has 2 aromatic rings. The van der Waals surface area contributed by atoms with Crippen molar-refractivity contribution < 1.29 is 9.53 Å². The zero-order chi connectivity index (χ0) is 22.2. The number of amides is 1. The molecule has 7 heteroatoms. The molecule has 2 aromatic carbocycles. The Morgan fingerprint density at radius 2 is 1.52 bits per heavy atom. The van der Waals surface area contributed by atoms with Crippen LogP contribution >= 0.6 is 0 Å². The number of hydrogen-bond acceptors (Lipinski definition) is 4. The van der Waals surface area contributed by atoms with E-state index in [2.05, 4.69) is 74.4 Å². The minimum absolute atomic E-state index is 0.0862. The summed E-state index contributed by atoms with van der Waals surface area (Å²) >= 11 is 0. The molecule has 0 aromatic heterocycles. The molecule has 0 radical (unpaired) electrons. The summed E-state index contributed by atoms with van der Waals surface area (Å²) in [6, 6.07) is 21.1. The first-order valence-electron chi connectivity index (χ1n) is 10.7. The summed E-state index contributed by atoms with van der Waals surface area (Å²) in [7, 11) is 3.31. The molecule has 0 saturated heterocycles. The number of ether oxygens (including phenoxy) is 1. The van der Waals surface area contributed by atoms with Crippen LogP contribution in [0, 0.1) is 0 Å². The first kappa shape index (κ1) is 24.4. The highest BCUT2D eigenvalue weighted by atomic mass is 16.5. The Bertz CT molecular complexity index is 727. The monoisotopic (exact) mass is 425 g/mol. The lowest BCUT2D eigenvalue weighted by Crippen LogP contribution is -2.44. The third kappa shape index (κ3) is 10.6. The van der Waals surface area contributed by atoms with Gasteiger partial charge in [0.1, 0.15) is 0 Å². The highest BCUT2D eigenvalue weighted by molar-refractivity contribution is 5.86. The molecular formula is C24H35N5O2. The minimum atomic E-state index is -0.0862. The van der Waals surface area contributed by atoms with Crippen molar-refractivity contribution in [1.29, 1.82) is 0 Å². The fourth-order valence-electron chi connectivity index (χ4n) is 3.15. The summed E-state index contributed by atoms with van der Waals surface area (Å²) in [5.41, 5.74) is 2.62. The number of carbonyl (C=O) groups excluding carboxylic acids is 1. The molecule has 0 aliphatic carbocycles.